The highest BCUT2D eigenvalue weighted by Crippen LogP contribution is 2.66. The Morgan fingerprint density at radius 2 is 1.50 bits per heavy atom. The van der Waals surface area contributed by atoms with Crippen molar-refractivity contribution in [1.29, 1.82) is 0 Å². The topological polar surface area (TPSA) is 175 Å². The van der Waals surface area contributed by atoms with Gasteiger partial charge in [0.05, 0.1) is 29.3 Å². The van der Waals surface area contributed by atoms with E-state index in [4.69, 9.17) is 18.9 Å². The number of carbonyl (C=O) groups excluding carboxylic acids is 4. The van der Waals surface area contributed by atoms with Gasteiger partial charge >= 0.3 is 18.0 Å². The van der Waals surface area contributed by atoms with E-state index in [1.807, 2.05) is 65.6 Å². The van der Waals surface area contributed by atoms with Crippen LogP contribution in [0.15, 0.2) is 146 Å². The lowest BCUT2D eigenvalue weighted by atomic mass is 9.65. The number of morpholine rings is 1. The van der Waals surface area contributed by atoms with Gasteiger partial charge in [-0.3, -0.25) is 29.4 Å². The first kappa shape index (κ1) is 39.7. The highest BCUT2D eigenvalue weighted by molar-refractivity contribution is 6.23. The van der Waals surface area contributed by atoms with E-state index in [2.05, 4.69) is 6.58 Å². The average Bonchev–Trinajstić information content (AvgIpc) is 3.74. The van der Waals surface area contributed by atoms with E-state index in [9.17, 15) is 29.6 Å². The summed E-state index contributed by atoms with van der Waals surface area (Å²) in [6.45, 7) is 2.81. The van der Waals surface area contributed by atoms with Gasteiger partial charge in [0.1, 0.15) is 49.0 Å². The molecule has 8 rings (SSSR count). The van der Waals surface area contributed by atoms with Crippen molar-refractivity contribution in [2.24, 2.45) is 5.92 Å². The molecule has 2 amide bonds. The number of fused-ring (bicyclic) bond motifs is 3. The molecule has 6 unspecified atom stereocenters. The summed E-state index contributed by atoms with van der Waals surface area (Å²) >= 11 is 0. The van der Waals surface area contributed by atoms with Crippen LogP contribution in [-0.4, -0.2) is 64.7 Å². The number of benzene rings is 5. The fourth-order valence-electron chi connectivity index (χ4n) is 8.90. The van der Waals surface area contributed by atoms with Crippen LogP contribution in [0.2, 0.25) is 0 Å². The molecule has 1 N–H and O–H groups in total. The van der Waals surface area contributed by atoms with Gasteiger partial charge in [0.25, 0.3) is 5.69 Å². The Labute approximate surface area is 344 Å². The number of esters is 2. The molecule has 5 aromatic rings. The predicted octanol–water partition coefficient (Wildman–Crippen LogP) is 6.70. The number of rotatable bonds is 12. The summed E-state index contributed by atoms with van der Waals surface area (Å²) in [6.07, 6.45) is -0.627. The molecular weight excluding hydrogens is 771 g/mol. The Kier molecular flexibility index (Phi) is 11.0. The number of nitro benzene ring substituents is 1. The Hall–Kier alpha value is -7.16. The van der Waals surface area contributed by atoms with Crippen LogP contribution in [0.1, 0.15) is 46.0 Å². The molecule has 2 fully saturated rings. The molecule has 0 bridgehead atoms. The Bertz CT molecular complexity index is 2450. The maximum absolute atomic E-state index is 15.9. The van der Waals surface area contributed by atoms with Gasteiger partial charge in [-0.1, -0.05) is 104 Å². The standard InChI is InChI=1S/C46H39N3O11/c1-2-25-58-42(51)37-39-43(52)60-40(31-14-7-4-8-15-31)38(30-12-5-3-6-13-30)48(39)41(32-16-11-17-34(27-32)57-26-24-50)46(37)35-18-9-10-19-36(35)47(44(46)53)45(54)59-28-29-20-22-33(23-21-29)49(55)56/h2-23,27,37-41,50H,1,24-26,28H2. The van der Waals surface area contributed by atoms with Crippen molar-refractivity contribution in [3.8, 4) is 5.75 Å². The van der Waals surface area contributed by atoms with E-state index in [1.165, 1.54) is 30.3 Å². The van der Waals surface area contributed by atoms with Crippen LogP contribution in [-0.2, 0) is 40.6 Å². The fraction of sp³-hybridized carbons (Fsp3) is 0.217. The number of cyclic esters (lactones) is 1. The molecule has 1 spiro atoms. The summed E-state index contributed by atoms with van der Waals surface area (Å²) in [5, 5.41) is 20.9. The van der Waals surface area contributed by atoms with Crippen molar-refractivity contribution in [3.63, 3.8) is 0 Å². The first-order chi connectivity index (χ1) is 29.2. The molecule has 14 nitrogen and oxygen atoms in total. The molecule has 3 aliphatic heterocycles. The largest absolute Gasteiger partial charge is 0.491 e. The smallest absolute Gasteiger partial charge is 0.421 e. The highest BCUT2D eigenvalue weighted by Gasteiger charge is 2.76. The zero-order valence-electron chi connectivity index (χ0n) is 32.1. The molecule has 3 aliphatic rings. The molecule has 3 heterocycles. The van der Waals surface area contributed by atoms with Crippen LogP contribution in [0.4, 0.5) is 16.2 Å². The minimum atomic E-state index is -2.04. The quantitative estimate of drug-likeness (QED) is 0.0465. The molecule has 0 radical (unpaired) electrons. The van der Waals surface area contributed by atoms with Crippen LogP contribution in [0, 0.1) is 16.0 Å². The SMILES string of the molecule is C=CCOC(=O)C1C2C(=O)OC(c3ccccc3)C(c3ccccc3)N2C(c2cccc(OCCO)c2)C12C(=O)N(C(=O)OCc1ccc([N+](=O)[O-])cc1)c1ccccc12. The van der Waals surface area contributed by atoms with E-state index in [1.54, 1.807) is 48.5 Å². The Morgan fingerprint density at radius 3 is 2.18 bits per heavy atom. The number of nitrogens with zero attached hydrogens (tertiary/aromatic N) is 3. The minimum absolute atomic E-state index is 0.0344. The lowest BCUT2D eigenvalue weighted by Gasteiger charge is -2.46. The number of amides is 2. The van der Waals surface area contributed by atoms with Crippen LogP contribution in [0.25, 0.3) is 0 Å². The lowest BCUT2D eigenvalue weighted by Crippen LogP contribution is -2.53. The summed E-state index contributed by atoms with van der Waals surface area (Å²) in [6, 6.07) is 33.9. The molecule has 0 saturated carbocycles. The second-order valence-corrected chi connectivity index (χ2v) is 14.5. The second kappa shape index (κ2) is 16.6. The fourth-order valence-corrected chi connectivity index (χ4v) is 8.90. The molecule has 14 heteroatoms. The van der Waals surface area contributed by atoms with Crippen molar-refractivity contribution in [2.45, 2.75) is 36.3 Å². The highest BCUT2D eigenvalue weighted by atomic mass is 16.6. The molecule has 0 aromatic heterocycles. The summed E-state index contributed by atoms with van der Waals surface area (Å²) in [4.78, 5) is 73.5. The van der Waals surface area contributed by atoms with Crippen LogP contribution in [0.3, 0.4) is 0 Å². The number of hydrogen-bond donors (Lipinski definition) is 1. The molecular formula is C46H39N3O11. The van der Waals surface area contributed by atoms with Crippen molar-refractivity contribution < 1.29 is 48.2 Å². The monoisotopic (exact) mass is 809 g/mol. The predicted molar refractivity (Wildman–Crippen MR) is 215 cm³/mol. The van der Waals surface area contributed by atoms with Gasteiger partial charge in [0, 0.05) is 12.1 Å². The second-order valence-electron chi connectivity index (χ2n) is 14.5. The van der Waals surface area contributed by atoms with Crippen LogP contribution < -0.4 is 9.64 Å². The average molecular weight is 810 g/mol. The normalized spacial score (nSPS) is 23.0. The van der Waals surface area contributed by atoms with E-state index in [-0.39, 0.29) is 43.4 Å². The summed E-state index contributed by atoms with van der Waals surface area (Å²) in [5.41, 5.74) is 0.458. The summed E-state index contributed by atoms with van der Waals surface area (Å²) in [5.74, 6) is -3.78. The summed E-state index contributed by atoms with van der Waals surface area (Å²) < 4.78 is 23.8. The first-order valence-electron chi connectivity index (χ1n) is 19.2. The zero-order chi connectivity index (χ0) is 42.0. The number of hydrogen-bond acceptors (Lipinski definition) is 12. The van der Waals surface area contributed by atoms with E-state index in [0.29, 0.717) is 22.4 Å². The van der Waals surface area contributed by atoms with Gasteiger partial charge in [-0.05, 0) is 58.1 Å². The van der Waals surface area contributed by atoms with Crippen LogP contribution >= 0.6 is 0 Å². The van der Waals surface area contributed by atoms with E-state index < -0.39 is 64.4 Å². The number of anilines is 1. The Balaban J connectivity index is 1.36. The minimum Gasteiger partial charge on any atom is -0.491 e. The lowest BCUT2D eigenvalue weighted by molar-refractivity contribution is -0.384. The third kappa shape index (κ3) is 6.74. The number of carbonyl (C=O) groups is 4. The van der Waals surface area contributed by atoms with Crippen molar-refractivity contribution in [3.05, 3.63) is 184 Å². The number of nitro groups is 1. The third-order valence-electron chi connectivity index (χ3n) is 11.2. The Morgan fingerprint density at radius 1 is 0.833 bits per heavy atom. The van der Waals surface area contributed by atoms with Crippen LogP contribution in [0.5, 0.6) is 5.75 Å². The number of aliphatic hydroxyl groups is 1. The van der Waals surface area contributed by atoms with Gasteiger partial charge in [0.15, 0.2) is 0 Å². The number of para-hydroxylation sites is 1. The summed E-state index contributed by atoms with van der Waals surface area (Å²) in [7, 11) is 0. The third-order valence-corrected chi connectivity index (χ3v) is 11.2. The van der Waals surface area contributed by atoms with Gasteiger partial charge < -0.3 is 24.1 Å². The first-order valence-corrected chi connectivity index (χ1v) is 19.2. The van der Waals surface area contributed by atoms with Gasteiger partial charge in [-0.15, -0.1) is 0 Å². The number of non-ortho nitro benzene ring substituents is 1. The zero-order valence-corrected chi connectivity index (χ0v) is 32.1. The maximum atomic E-state index is 15.9. The van der Waals surface area contributed by atoms with Crippen molar-refractivity contribution in [2.75, 3.05) is 24.7 Å². The number of ether oxygens (including phenoxy) is 4. The molecule has 2 saturated heterocycles. The molecule has 60 heavy (non-hydrogen) atoms. The molecule has 0 aliphatic carbocycles. The van der Waals surface area contributed by atoms with Crippen molar-refractivity contribution in [1.82, 2.24) is 4.90 Å². The number of aliphatic hydroxyl groups excluding tert-OH is 1. The van der Waals surface area contributed by atoms with Gasteiger partial charge in [-0.25, -0.2) is 9.69 Å². The molecule has 6 atom stereocenters. The van der Waals surface area contributed by atoms with E-state index >= 15 is 4.79 Å². The maximum Gasteiger partial charge on any atom is 0.421 e. The number of imide groups is 1. The molecule has 5 aromatic carbocycles. The van der Waals surface area contributed by atoms with Crippen molar-refractivity contribution >= 4 is 35.3 Å². The molecule has 304 valence electrons. The van der Waals surface area contributed by atoms with Gasteiger partial charge in [-0.2, -0.15) is 0 Å². The van der Waals surface area contributed by atoms with E-state index in [0.717, 1.165) is 10.5 Å². The van der Waals surface area contributed by atoms with Gasteiger partial charge in [0.2, 0.25) is 5.91 Å².